The molecule has 0 aliphatic heterocycles. The van der Waals surface area contributed by atoms with Gasteiger partial charge in [-0.1, -0.05) is 0 Å². The van der Waals surface area contributed by atoms with Gasteiger partial charge >= 0.3 is 62.1 Å². The molecule has 0 aliphatic carbocycles. The standard InChI is InChI=1S/C7H6NSe/c9-6-8-7-4-2-1-3-5-7/h1-6H. The molecular weight excluding hydrogens is 177 g/mol. The Labute approximate surface area is 62.6 Å². The summed E-state index contributed by atoms with van der Waals surface area (Å²) in [4.78, 5) is 4.03. The molecular formula is C7H6NSe. The summed E-state index contributed by atoms with van der Waals surface area (Å²) in [5.41, 5.74) is 0.983. The van der Waals surface area contributed by atoms with Crippen molar-refractivity contribution in [1.29, 1.82) is 0 Å². The van der Waals surface area contributed by atoms with E-state index in [2.05, 4.69) is 21.0 Å². The van der Waals surface area contributed by atoms with Crippen LogP contribution in [0.15, 0.2) is 35.3 Å². The van der Waals surface area contributed by atoms with Crippen LogP contribution in [0, 0.1) is 0 Å². The molecule has 0 saturated carbocycles. The molecule has 0 bridgehead atoms. The Balaban J connectivity index is 2.85. The number of para-hydroxylation sites is 1. The number of rotatable bonds is 1. The topological polar surface area (TPSA) is 12.4 Å². The van der Waals surface area contributed by atoms with Gasteiger partial charge < -0.3 is 0 Å². The Morgan fingerprint density at radius 1 is 1.22 bits per heavy atom. The molecule has 0 unspecified atom stereocenters. The van der Waals surface area contributed by atoms with E-state index in [0.717, 1.165) is 5.69 Å². The van der Waals surface area contributed by atoms with Crippen LogP contribution in [0.1, 0.15) is 0 Å². The number of benzene rings is 1. The zero-order chi connectivity index (χ0) is 6.53. The van der Waals surface area contributed by atoms with E-state index in [1.54, 1.807) is 5.11 Å². The fourth-order valence-electron chi connectivity index (χ4n) is 0.575. The molecule has 1 aromatic rings. The molecule has 1 radical (unpaired) electrons. The molecule has 45 valence electrons. The van der Waals surface area contributed by atoms with Gasteiger partial charge in [-0.2, -0.15) is 0 Å². The zero-order valence-corrected chi connectivity index (χ0v) is 6.53. The SMILES string of the molecule is [Se]C=Nc1ccccc1. The molecule has 0 heterocycles. The Morgan fingerprint density at radius 3 is 2.44 bits per heavy atom. The van der Waals surface area contributed by atoms with E-state index >= 15 is 0 Å². The molecule has 0 spiro atoms. The van der Waals surface area contributed by atoms with Gasteiger partial charge in [-0.05, 0) is 0 Å². The summed E-state index contributed by atoms with van der Waals surface area (Å²) in [6.07, 6.45) is 0. The van der Waals surface area contributed by atoms with E-state index in [0.29, 0.717) is 0 Å². The zero-order valence-electron chi connectivity index (χ0n) is 4.82. The molecule has 0 N–H and O–H groups in total. The van der Waals surface area contributed by atoms with E-state index in [9.17, 15) is 0 Å². The normalized spacial score (nSPS) is 10.2. The van der Waals surface area contributed by atoms with Crippen LogP contribution in [0.3, 0.4) is 0 Å². The van der Waals surface area contributed by atoms with Crippen LogP contribution in [-0.4, -0.2) is 21.1 Å². The van der Waals surface area contributed by atoms with Crippen molar-refractivity contribution in [3.8, 4) is 0 Å². The maximum absolute atomic E-state index is 4.03. The fourth-order valence-corrected chi connectivity index (χ4v) is 0.830. The third-order valence-electron chi connectivity index (χ3n) is 0.958. The molecule has 9 heavy (non-hydrogen) atoms. The monoisotopic (exact) mass is 184 g/mol. The third kappa shape index (κ3) is 2.00. The average Bonchev–Trinajstić information content (AvgIpc) is 1.91. The predicted octanol–water partition coefficient (Wildman–Crippen LogP) is 1.51. The van der Waals surface area contributed by atoms with Crippen molar-refractivity contribution < 1.29 is 0 Å². The van der Waals surface area contributed by atoms with Gasteiger partial charge in [-0.25, -0.2) is 0 Å². The second-order valence-corrected chi connectivity index (χ2v) is 2.01. The Hall–Kier alpha value is -0.591. The van der Waals surface area contributed by atoms with Gasteiger partial charge in [0.15, 0.2) is 0 Å². The first kappa shape index (κ1) is 6.53. The van der Waals surface area contributed by atoms with Crippen molar-refractivity contribution in [3.63, 3.8) is 0 Å². The van der Waals surface area contributed by atoms with Crippen LogP contribution in [0.4, 0.5) is 5.69 Å². The number of nitrogens with zero attached hydrogens (tertiary/aromatic N) is 1. The van der Waals surface area contributed by atoms with Crippen molar-refractivity contribution in [1.82, 2.24) is 0 Å². The molecule has 1 aromatic carbocycles. The maximum atomic E-state index is 4.03. The molecule has 1 nitrogen and oxygen atoms in total. The van der Waals surface area contributed by atoms with E-state index in [1.165, 1.54) is 0 Å². The van der Waals surface area contributed by atoms with E-state index in [1.807, 2.05) is 30.3 Å². The molecule has 0 amide bonds. The summed E-state index contributed by atoms with van der Waals surface area (Å²) < 4.78 is 0. The quantitative estimate of drug-likeness (QED) is 0.462. The Bertz CT molecular complexity index is 193. The molecule has 0 fully saturated rings. The van der Waals surface area contributed by atoms with Crippen LogP contribution >= 0.6 is 0 Å². The molecule has 2 heteroatoms. The van der Waals surface area contributed by atoms with Crippen molar-refractivity contribution in [2.45, 2.75) is 0 Å². The van der Waals surface area contributed by atoms with E-state index in [4.69, 9.17) is 0 Å². The molecule has 0 aliphatic rings. The van der Waals surface area contributed by atoms with Crippen LogP contribution < -0.4 is 0 Å². The Morgan fingerprint density at radius 2 is 1.89 bits per heavy atom. The van der Waals surface area contributed by atoms with Gasteiger partial charge in [0.25, 0.3) is 0 Å². The molecule has 0 atom stereocenters. The van der Waals surface area contributed by atoms with Gasteiger partial charge in [-0.3, -0.25) is 0 Å². The van der Waals surface area contributed by atoms with Gasteiger partial charge in [-0.15, -0.1) is 0 Å². The summed E-state index contributed by atoms with van der Waals surface area (Å²) >= 11 is 2.70. The van der Waals surface area contributed by atoms with E-state index < -0.39 is 0 Å². The Kier molecular flexibility index (Phi) is 2.49. The summed E-state index contributed by atoms with van der Waals surface area (Å²) in [6, 6.07) is 9.80. The van der Waals surface area contributed by atoms with Gasteiger partial charge in [0, 0.05) is 0 Å². The van der Waals surface area contributed by atoms with Crippen LogP contribution in [0.5, 0.6) is 0 Å². The summed E-state index contributed by atoms with van der Waals surface area (Å²) in [5, 5.41) is 1.66. The van der Waals surface area contributed by atoms with Crippen molar-refractivity contribution >= 4 is 26.8 Å². The first-order valence-electron chi connectivity index (χ1n) is 2.63. The van der Waals surface area contributed by atoms with Crippen molar-refractivity contribution in [2.75, 3.05) is 0 Å². The van der Waals surface area contributed by atoms with Crippen LogP contribution in [0.25, 0.3) is 0 Å². The summed E-state index contributed by atoms with van der Waals surface area (Å²) in [5.74, 6) is 0. The first-order chi connectivity index (χ1) is 4.43. The summed E-state index contributed by atoms with van der Waals surface area (Å²) in [6.45, 7) is 0. The molecule has 0 aromatic heterocycles. The minimum atomic E-state index is 0.983. The van der Waals surface area contributed by atoms with Crippen molar-refractivity contribution in [3.05, 3.63) is 30.3 Å². The van der Waals surface area contributed by atoms with Crippen LogP contribution in [0.2, 0.25) is 0 Å². The second kappa shape index (κ2) is 3.44. The predicted molar refractivity (Wildman–Crippen MR) is 40.3 cm³/mol. The first-order valence-corrected chi connectivity index (χ1v) is 3.62. The molecule has 0 saturated heterocycles. The molecule has 1 rings (SSSR count). The van der Waals surface area contributed by atoms with Gasteiger partial charge in [0.05, 0.1) is 0 Å². The second-order valence-electron chi connectivity index (χ2n) is 1.57. The summed E-state index contributed by atoms with van der Waals surface area (Å²) in [7, 11) is 0. The van der Waals surface area contributed by atoms with Gasteiger partial charge in [0.1, 0.15) is 0 Å². The number of hydrogen-bond acceptors (Lipinski definition) is 1. The average molecular weight is 183 g/mol. The fraction of sp³-hybridized carbons (Fsp3) is 0. The minimum absolute atomic E-state index is 0.983. The third-order valence-corrected chi connectivity index (χ3v) is 1.18. The van der Waals surface area contributed by atoms with Crippen molar-refractivity contribution in [2.24, 2.45) is 4.99 Å². The van der Waals surface area contributed by atoms with Crippen LogP contribution in [-0.2, 0) is 0 Å². The van der Waals surface area contributed by atoms with E-state index in [-0.39, 0.29) is 0 Å². The number of hydrogen-bond donors (Lipinski definition) is 0. The number of aliphatic imine (C=N–C) groups is 1. The van der Waals surface area contributed by atoms with Gasteiger partial charge in [0.2, 0.25) is 0 Å².